The molecule has 2 rings (SSSR count). The number of aliphatic hydroxyl groups is 2. The second-order valence-corrected chi connectivity index (χ2v) is 6.20. The van der Waals surface area contributed by atoms with Gasteiger partial charge in [0.2, 0.25) is 0 Å². The van der Waals surface area contributed by atoms with Crippen LogP contribution < -0.4 is 0 Å². The van der Waals surface area contributed by atoms with Crippen molar-refractivity contribution in [3.8, 4) is 0 Å². The molecule has 1 fully saturated rings. The second-order valence-electron chi connectivity index (χ2n) is 5.28. The Balaban J connectivity index is 2.11. The van der Waals surface area contributed by atoms with Crippen molar-refractivity contribution in [3.63, 3.8) is 0 Å². The summed E-state index contributed by atoms with van der Waals surface area (Å²) in [7, 11) is 0. The van der Waals surface area contributed by atoms with Crippen molar-refractivity contribution in [3.05, 3.63) is 34.3 Å². The highest BCUT2D eigenvalue weighted by molar-refractivity contribution is 9.10. The van der Waals surface area contributed by atoms with Crippen LogP contribution in [-0.4, -0.2) is 36.1 Å². The fraction of sp³-hybridized carbons (Fsp3) is 0.600. The van der Waals surface area contributed by atoms with Gasteiger partial charge >= 0.3 is 0 Å². The van der Waals surface area contributed by atoms with E-state index in [1.165, 1.54) is 0 Å². The summed E-state index contributed by atoms with van der Waals surface area (Å²) in [6.45, 7) is 0.742. The second kappa shape index (κ2) is 6.84. The molecular weight excluding hydrogens is 308 g/mol. The Labute approximate surface area is 122 Å². The minimum atomic E-state index is -0.574. The minimum absolute atomic E-state index is 0.0489. The van der Waals surface area contributed by atoms with Gasteiger partial charge in [0, 0.05) is 16.5 Å². The first kappa shape index (κ1) is 15.0. The molecule has 0 radical (unpaired) electrons. The number of hydrogen-bond donors (Lipinski definition) is 2. The Morgan fingerprint density at radius 2 is 2.11 bits per heavy atom. The van der Waals surface area contributed by atoms with Gasteiger partial charge in [-0.2, -0.15) is 0 Å². The zero-order chi connectivity index (χ0) is 13.7. The largest absolute Gasteiger partial charge is 0.395 e. The highest BCUT2D eigenvalue weighted by atomic mass is 79.9. The monoisotopic (exact) mass is 328 g/mol. The maximum Gasteiger partial charge on any atom is 0.0576 e. The number of benzene rings is 1. The first-order chi connectivity index (χ1) is 9.20. The standard InChI is InChI=1S/C15H21BrO3/c16-13-4-1-3-12(9-13)15(10-17,11-18)7-6-14-5-2-8-19-14/h1,3-4,9,14,17-18H,2,5-8,10-11H2. The third kappa shape index (κ3) is 3.57. The molecule has 1 atom stereocenters. The molecule has 106 valence electrons. The number of halogens is 1. The van der Waals surface area contributed by atoms with Gasteiger partial charge in [0.15, 0.2) is 0 Å². The summed E-state index contributed by atoms with van der Waals surface area (Å²) >= 11 is 3.44. The van der Waals surface area contributed by atoms with Crippen LogP contribution in [0.5, 0.6) is 0 Å². The summed E-state index contributed by atoms with van der Waals surface area (Å²) in [6.07, 6.45) is 4.11. The number of rotatable bonds is 6. The highest BCUT2D eigenvalue weighted by Gasteiger charge is 2.32. The molecule has 3 nitrogen and oxygen atoms in total. The van der Waals surface area contributed by atoms with Crippen LogP contribution in [0.15, 0.2) is 28.7 Å². The number of ether oxygens (including phenoxy) is 1. The quantitative estimate of drug-likeness (QED) is 0.844. The van der Waals surface area contributed by atoms with Crippen LogP contribution in [0.3, 0.4) is 0 Å². The van der Waals surface area contributed by atoms with Crippen molar-refractivity contribution in [1.29, 1.82) is 0 Å². The molecule has 4 heteroatoms. The Bertz CT molecular complexity index is 398. The van der Waals surface area contributed by atoms with Crippen molar-refractivity contribution in [1.82, 2.24) is 0 Å². The molecule has 1 saturated heterocycles. The predicted octanol–water partition coefficient (Wildman–Crippen LogP) is 2.63. The van der Waals surface area contributed by atoms with E-state index in [1.807, 2.05) is 24.3 Å². The summed E-state index contributed by atoms with van der Waals surface area (Å²) in [5.41, 5.74) is 0.403. The Hall–Kier alpha value is -0.420. The summed E-state index contributed by atoms with van der Waals surface area (Å²) < 4.78 is 6.59. The molecule has 2 N–H and O–H groups in total. The zero-order valence-electron chi connectivity index (χ0n) is 11.0. The van der Waals surface area contributed by atoms with Crippen LogP contribution in [0.25, 0.3) is 0 Å². The minimum Gasteiger partial charge on any atom is -0.395 e. The summed E-state index contributed by atoms with van der Waals surface area (Å²) in [6, 6.07) is 7.82. The van der Waals surface area contributed by atoms with E-state index >= 15 is 0 Å². The average Bonchev–Trinajstić information content (AvgIpc) is 2.94. The van der Waals surface area contributed by atoms with E-state index in [2.05, 4.69) is 15.9 Å². The lowest BCUT2D eigenvalue weighted by molar-refractivity contribution is 0.0684. The van der Waals surface area contributed by atoms with Crippen molar-refractivity contribution < 1.29 is 14.9 Å². The van der Waals surface area contributed by atoms with E-state index < -0.39 is 5.41 Å². The van der Waals surface area contributed by atoms with Crippen LogP contribution in [0.1, 0.15) is 31.2 Å². The van der Waals surface area contributed by atoms with Gasteiger partial charge < -0.3 is 14.9 Å². The van der Waals surface area contributed by atoms with Crippen LogP contribution in [0.4, 0.5) is 0 Å². The third-order valence-corrected chi connectivity index (χ3v) is 4.50. The van der Waals surface area contributed by atoms with Gasteiger partial charge in [0.05, 0.1) is 19.3 Å². The van der Waals surface area contributed by atoms with Gasteiger partial charge in [-0.3, -0.25) is 0 Å². The smallest absolute Gasteiger partial charge is 0.0576 e. The summed E-state index contributed by atoms with van der Waals surface area (Å²) in [4.78, 5) is 0. The maximum absolute atomic E-state index is 9.78. The van der Waals surface area contributed by atoms with Gasteiger partial charge in [-0.15, -0.1) is 0 Å². The predicted molar refractivity (Wildman–Crippen MR) is 78.2 cm³/mol. The van der Waals surface area contributed by atoms with Crippen LogP contribution in [0.2, 0.25) is 0 Å². The normalized spacial score (nSPS) is 19.8. The summed E-state index contributed by atoms with van der Waals surface area (Å²) in [5.74, 6) is 0. The Morgan fingerprint density at radius 3 is 2.68 bits per heavy atom. The van der Waals surface area contributed by atoms with Gasteiger partial charge in [-0.25, -0.2) is 0 Å². The van der Waals surface area contributed by atoms with E-state index in [0.29, 0.717) is 0 Å². The fourth-order valence-corrected chi connectivity index (χ4v) is 3.06. The van der Waals surface area contributed by atoms with E-state index in [9.17, 15) is 10.2 Å². The molecular formula is C15H21BrO3. The topological polar surface area (TPSA) is 49.7 Å². The third-order valence-electron chi connectivity index (χ3n) is 4.01. The van der Waals surface area contributed by atoms with Crippen molar-refractivity contribution >= 4 is 15.9 Å². The molecule has 0 spiro atoms. The Kier molecular flexibility index (Phi) is 5.39. The molecule has 0 bridgehead atoms. The number of hydrogen-bond acceptors (Lipinski definition) is 3. The molecule has 1 unspecified atom stereocenters. The zero-order valence-corrected chi connectivity index (χ0v) is 12.6. The molecule has 0 aromatic heterocycles. The maximum atomic E-state index is 9.78. The first-order valence-corrected chi connectivity index (χ1v) is 7.59. The van der Waals surface area contributed by atoms with Crippen molar-refractivity contribution in [2.24, 2.45) is 0 Å². The summed E-state index contributed by atoms with van der Waals surface area (Å²) in [5, 5.41) is 19.6. The molecule has 0 aliphatic carbocycles. The molecule has 1 aliphatic rings. The molecule has 1 aliphatic heterocycles. The van der Waals surface area contributed by atoms with Gasteiger partial charge in [-0.05, 0) is 43.4 Å². The van der Waals surface area contributed by atoms with E-state index in [0.717, 1.165) is 42.3 Å². The van der Waals surface area contributed by atoms with E-state index in [1.54, 1.807) is 0 Å². The van der Waals surface area contributed by atoms with Crippen LogP contribution in [0, 0.1) is 0 Å². The van der Waals surface area contributed by atoms with E-state index in [-0.39, 0.29) is 19.3 Å². The van der Waals surface area contributed by atoms with Gasteiger partial charge in [-0.1, -0.05) is 28.1 Å². The fourth-order valence-electron chi connectivity index (χ4n) is 2.66. The molecule has 1 aromatic carbocycles. The van der Waals surface area contributed by atoms with Crippen LogP contribution >= 0.6 is 15.9 Å². The Morgan fingerprint density at radius 1 is 1.32 bits per heavy atom. The lowest BCUT2D eigenvalue weighted by Gasteiger charge is -2.31. The first-order valence-electron chi connectivity index (χ1n) is 6.79. The number of aliphatic hydroxyl groups excluding tert-OH is 2. The van der Waals surface area contributed by atoms with Crippen molar-refractivity contribution in [2.45, 2.75) is 37.2 Å². The van der Waals surface area contributed by atoms with E-state index in [4.69, 9.17) is 4.74 Å². The molecule has 1 aromatic rings. The molecule has 19 heavy (non-hydrogen) atoms. The molecule has 1 heterocycles. The molecule has 0 amide bonds. The van der Waals surface area contributed by atoms with Gasteiger partial charge in [0.1, 0.15) is 0 Å². The van der Waals surface area contributed by atoms with Gasteiger partial charge in [0.25, 0.3) is 0 Å². The van der Waals surface area contributed by atoms with Crippen molar-refractivity contribution in [2.75, 3.05) is 19.8 Å². The lowest BCUT2D eigenvalue weighted by Crippen LogP contribution is -2.35. The molecule has 0 saturated carbocycles. The lowest BCUT2D eigenvalue weighted by atomic mass is 9.77. The highest BCUT2D eigenvalue weighted by Crippen LogP contribution is 2.32. The van der Waals surface area contributed by atoms with Crippen LogP contribution in [-0.2, 0) is 10.2 Å². The average molecular weight is 329 g/mol. The SMILES string of the molecule is OCC(CO)(CCC1CCCO1)c1cccc(Br)c1.